The van der Waals surface area contributed by atoms with Gasteiger partial charge >= 0.3 is 5.63 Å². The molecule has 0 saturated carbocycles. The number of phenols is 2. The molecule has 8 heteroatoms. The van der Waals surface area contributed by atoms with E-state index in [2.05, 4.69) is 0 Å². The second-order valence-corrected chi connectivity index (χ2v) is 6.06. The van der Waals surface area contributed by atoms with E-state index in [0.29, 0.717) is 28.0 Å². The molecule has 27 heavy (non-hydrogen) atoms. The molecule has 0 aliphatic carbocycles. The summed E-state index contributed by atoms with van der Waals surface area (Å²) in [5.74, 6) is 0.00624. The van der Waals surface area contributed by atoms with Crippen LogP contribution in [-0.2, 0) is 0 Å². The molecule has 1 aliphatic heterocycles. The average molecular weight is 372 g/mol. The fraction of sp³-hybridized carbons (Fsp3) is 0.211. The molecule has 2 aromatic carbocycles. The van der Waals surface area contributed by atoms with Crippen molar-refractivity contribution >= 4 is 11.0 Å². The molecule has 2 heterocycles. The molecule has 0 saturated heterocycles. The standard InChI is InChI=1S/C19H16O8/c1-24-15-6-10(4-11(21)18(15)23)19-16(8-20)25-14-7-12-9(5-13(14)27-19)2-3-17(22)26-12/h2-7,16,19-21,23H,8H2,1H3/t16-,19-/m0/s1. The number of aromatic hydroxyl groups is 2. The molecule has 0 unspecified atom stereocenters. The van der Waals surface area contributed by atoms with Gasteiger partial charge in [0.2, 0.25) is 5.75 Å². The molecule has 0 radical (unpaired) electrons. The van der Waals surface area contributed by atoms with E-state index in [9.17, 15) is 20.1 Å². The normalized spacial score (nSPS) is 18.4. The quantitative estimate of drug-likeness (QED) is 0.472. The van der Waals surface area contributed by atoms with Crippen molar-refractivity contribution < 1.29 is 33.9 Å². The molecule has 3 aromatic rings. The Morgan fingerprint density at radius 1 is 1.07 bits per heavy atom. The van der Waals surface area contributed by atoms with Gasteiger partial charge in [-0.05, 0) is 24.3 Å². The maximum Gasteiger partial charge on any atom is 0.336 e. The number of aliphatic hydroxyl groups is 1. The molecule has 140 valence electrons. The second-order valence-electron chi connectivity index (χ2n) is 6.06. The van der Waals surface area contributed by atoms with Crippen molar-refractivity contribution in [2.24, 2.45) is 0 Å². The number of fused-ring (bicyclic) bond motifs is 2. The lowest BCUT2D eigenvalue weighted by atomic mass is 10.0. The molecule has 4 rings (SSSR count). The minimum Gasteiger partial charge on any atom is -0.504 e. The minimum absolute atomic E-state index is 0.0661. The summed E-state index contributed by atoms with van der Waals surface area (Å²) >= 11 is 0. The monoisotopic (exact) mass is 372 g/mol. The Balaban J connectivity index is 1.79. The predicted molar refractivity (Wildman–Crippen MR) is 93.7 cm³/mol. The van der Waals surface area contributed by atoms with Crippen LogP contribution in [0.2, 0.25) is 0 Å². The fourth-order valence-corrected chi connectivity index (χ4v) is 3.05. The van der Waals surface area contributed by atoms with Gasteiger partial charge in [0.05, 0.1) is 13.7 Å². The number of ether oxygens (including phenoxy) is 3. The SMILES string of the molecule is COc1cc([C@@H]2Oc3cc4ccc(=O)oc4cc3O[C@H]2CO)cc(O)c1O. The van der Waals surface area contributed by atoms with Crippen molar-refractivity contribution in [1.82, 2.24) is 0 Å². The van der Waals surface area contributed by atoms with Gasteiger partial charge in [-0.25, -0.2) is 4.79 Å². The van der Waals surface area contributed by atoms with Crippen molar-refractivity contribution in [2.45, 2.75) is 12.2 Å². The molecule has 8 nitrogen and oxygen atoms in total. The Morgan fingerprint density at radius 2 is 1.85 bits per heavy atom. The summed E-state index contributed by atoms with van der Waals surface area (Å²) in [6, 6.07) is 8.91. The molecule has 2 atom stereocenters. The molecule has 0 fully saturated rings. The number of benzene rings is 2. The summed E-state index contributed by atoms with van der Waals surface area (Å²) in [5.41, 5.74) is 0.304. The second kappa shape index (κ2) is 6.40. The van der Waals surface area contributed by atoms with Gasteiger partial charge in [-0.15, -0.1) is 0 Å². The Kier molecular flexibility index (Phi) is 4.04. The van der Waals surface area contributed by atoms with E-state index in [-0.39, 0.29) is 23.9 Å². The van der Waals surface area contributed by atoms with Crippen LogP contribution in [0.1, 0.15) is 11.7 Å². The summed E-state index contributed by atoms with van der Waals surface area (Å²) in [5, 5.41) is 30.1. The van der Waals surface area contributed by atoms with Crippen LogP contribution in [-0.4, -0.2) is 35.1 Å². The molecular weight excluding hydrogens is 356 g/mol. The van der Waals surface area contributed by atoms with E-state index in [1.54, 1.807) is 12.1 Å². The summed E-state index contributed by atoms with van der Waals surface area (Å²) in [6.45, 7) is -0.370. The third-order valence-corrected chi connectivity index (χ3v) is 4.36. The first-order valence-electron chi connectivity index (χ1n) is 8.12. The largest absolute Gasteiger partial charge is 0.504 e. The number of aliphatic hydroxyl groups excluding tert-OH is 1. The Bertz CT molecular complexity index is 1070. The van der Waals surface area contributed by atoms with Gasteiger partial charge in [0.25, 0.3) is 0 Å². The summed E-state index contributed by atoms with van der Waals surface area (Å²) < 4.78 is 22.0. The van der Waals surface area contributed by atoms with Gasteiger partial charge in [0.1, 0.15) is 5.58 Å². The number of phenolic OH excluding ortho intramolecular Hbond substituents is 2. The van der Waals surface area contributed by atoms with Crippen LogP contribution in [0.4, 0.5) is 0 Å². The maximum atomic E-state index is 11.4. The Labute approximate surface area is 152 Å². The van der Waals surface area contributed by atoms with E-state index in [1.807, 2.05) is 0 Å². The maximum absolute atomic E-state index is 11.4. The number of hydrogen-bond donors (Lipinski definition) is 3. The van der Waals surface area contributed by atoms with Crippen LogP contribution < -0.4 is 19.8 Å². The van der Waals surface area contributed by atoms with Crippen molar-refractivity contribution in [3.8, 4) is 28.7 Å². The zero-order valence-electron chi connectivity index (χ0n) is 14.2. The first kappa shape index (κ1) is 17.0. The minimum atomic E-state index is -0.793. The van der Waals surface area contributed by atoms with Gasteiger partial charge in [0, 0.05) is 23.1 Å². The van der Waals surface area contributed by atoms with Gasteiger partial charge in [-0.1, -0.05) is 0 Å². The molecule has 0 amide bonds. The third kappa shape index (κ3) is 2.89. The molecular formula is C19H16O8. The highest BCUT2D eigenvalue weighted by molar-refractivity contribution is 5.80. The smallest absolute Gasteiger partial charge is 0.336 e. The van der Waals surface area contributed by atoms with Crippen LogP contribution in [0, 0.1) is 0 Å². The van der Waals surface area contributed by atoms with Gasteiger partial charge in [-0.2, -0.15) is 0 Å². The molecule has 1 aromatic heterocycles. The lowest BCUT2D eigenvalue weighted by molar-refractivity contribution is -0.0123. The molecule has 1 aliphatic rings. The van der Waals surface area contributed by atoms with Gasteiger partial charge < -0.3 is 33.9 Å². The van der Waals surface area contributed by atoms with E-state index >= 15 is 0 Å². The first-order valence-corrected chi connectivity index (χ1v) is 8.12. The lowest BCUT2D eigenvalue weighted by Crippen LogP contribution is -2.36. The van der Waals surface area contributed by atoms with Gasteiger partial charge in [0.15, 0.2) is 35.2 Å². The van der Waals surface area contributed by atoms with Crippen molar-refractivity contribution in [2.75, 3.05) is 13.7 Å². The topological polar surface area (TPSA) is 119 Å². The zero-order valence-corrected chi connectivity index (χ0v) is 14.2. The molecule has 3 N–H and O–H groups in total. The van der Waals surface area contributed by atoms with Gasteiger partial charge in [-0.3, -0.25) is 0 Å². The van der Waals surface area contributed by atoms with Crippen molar-refractivity contribution in [3.63, 3.8) is 0 Å². The average Bonchev–Trinajstić information content (AvgIpc) is 2.67. The van der Waals surface area contributed by atoms with Crippen molar-refractivity contribution in [3.05, 3.63) is 52.4 Å². The van der Waals surface area contributed by atoms with Crippen LogP contribution in [0.25, 0.3) is 11.0 Å². The molecule has 0 bridgehead atoms. The summed E-state index contributed by atoms with van der Waals surface area (Å²) in [7, 11) is 1.36. The van der Waals surface area contributed by atoms with E-state index < -0.39 is 17.8 Å². The van der Waals surface area contributed by atoms with E-state index in [0.717, 1.165) is 0 Å². The number of methoxy groups -OCH3 is 1. The number of hydrogen-bond acceptors (Lipinski definition) is 8. The third-order valence-electron chi connectivity index (χ3n) is 4.36. The van der Waals surface area contributed by atoms with Crippen LogP contribution in [0.15, 0.2) is 45.6 Å². The highest BCUT2D eigenvalue weighted by Gasteiger charge is 2.34. The highest BCUT2D eigenvalue weighted by atomic mass is 16.6. The van der Waals surface area contributed by atoms with Crippen LogP contribution >= 0.6 is 0 Å². The summed E-state index contributed by atoms with van der Waals surface area (Å²) in [6.07, 6.45) is -1.56. The number of rotatable bonds is 3. The Hall–Kier alpha value is -3.39. The van der Waals surface area contributed by atoms with Crippen molar-refractivity contribution in [1.29, 1.82) is 0 Å². The highest BCUT2D eigenvalue weighted by Crippen LogP contribution is 2.44. The fourth-order valence-electron chi connectivity index (χ4n) is 3.05. The predicted octanol–water partition coefficient (Wildman–Crippen LogP) is 2.09. The van der Waals surface area contributed by atoms with Crippen LogP contribution in [0.3, 0.4) is 0 Å². The Morgan fingerprint density at radius 3 is 2.59 bits per heavy atom. The molecule has 0 spiro atoms. The first-order chi connectivity index (χ1) is 13.0. The van der Waals surface area contributed by atoms with E-state index in [1.165, 1.54) is 31.4 Å². The van der Waals surface area contributed by atoms with E-state index in [4.69, 9.17) is 18.6 Å². The summed E-state index contributed by atoms with van der Waals surface area (Å²) in [4.78, 5) is 11.4. The zero-order chi connectivity index (χ0) is 19.1. The lowest BCUT2D eigenvalue weighted by Gasteiger charge is -2.33. The van der Waals surface area contributed by atoms with Crippen LogP contribution in [0.5, 0.6) is 28.7 Å².